The van der Waals surface area contributed by atoms with Crippen LogP contribution in [-0.2, 0) is 11.3 Å². The first-order valence-electron chi connectivity index (χ1n) is 8.37. The molecule has 2 aliphatic heterocycles. The van der Waals surface area contributed by atoms with E-state index in [0.717, 1.165) is 19.1 Å². The molecule has 0 spiro atoms. The first-order chi connectivity index (χ1) is 10.3. The third-order valence-electron chi connectivity index (χ3n) is 4.94. The van der Waals surface area contributed by atoms with Crippen molar-refractivity contribution in [2.24, 2.45) is 5.92 Å². The van der Waals surface area contributed by atoms with Gasteiger partial charge in [0.25, 0.3) is 0 Å². The smallest absolute Gasteiger partial charge is 0.0721 e. The average Bonchev–Trinajstić information content (AvgIpc) is 2.53. The molecule has 3 rings (SSSR count). The van der Waals surface area contributed by atoms with E-state index >= 15 is 0 Å². The van der Waals surface area contributed by atoms with Crippen molar-refractivity contribution in [2.75, 3.05) is 26.2 Å². The molecule has 1 atom stereocenters. The number of rotatable bonds is 4. The molecule has 1 unspecified atom stereocenters. The van der Waals surface area contributed by atoms with Crippen LogP contribution in [0, 0.1) is 5.92 Å². The number of benzene rings is 1. The van der Waals surface area contributed by atoms with Gasteiger partial charge in [-0.05, 0) is 56.8 Å². The highest BCUT2D eigenvalue weighted by atomic mass is 16.5. The van der Waals surface area contributed by atoms with Gasteiger partial charge in [-0.3, -0.25) is 4.90 Å². The van der Waals surface area contributed by atoms with Crippen LogP contribution in [0.25, 0.3) is 0 Å². The van der Waals surface area contributed by atoms with Crippen LogP contribution in [0.1, 0.15) is 43.9 Å². The molecular weight excluding hydrogens is 260 g/mol. The number of piperidine rings is 1. The lowest BCUT2D eigenvalue weighted by molar-refractivity contribution is 0.0103. The van der Waals surface area contributed by atoms with Crippen LogP contribution in [0.4, 0.5) is 0 Å². The predicted octanol–water partition coefficient (Wildman–Crippen LogP) is 2.97. The summed E-state index contributed by atoms with van der Waals surface area (Å²) in [6.45, 7) is 9.78. The van der Waals surface area contributed by atoms with Crippen molar-refractivity contribution in [2.45, 2.75) is 45.4 Å². The molecule has 0 amide bonds. The third kappa shape index (κ3) is 3.47. The molecule has 0 aromatic heterocycles. The van der Waals surface area contributed by atoms with Gasteiger partial charge in [0.05, 0.1) is 19.3 Å². The molecule has 0 bridgehead atoms. The lowest BCUT2D eigenvalue weighted by atomic mass is 9.93. The maximum Gasteiger partial charge on any atom is 0.0721 e. The van der Waals surface area contributed by atoms with Crippen LogP contribution in [0.5, 0.6) is 0 Å². The van der Waals surface area contributed by atoms with E-state index in [1.807, 2.05) is 0 Å². The Morgan fingerprint density at radius 3 is 2.76 bits per heavy atom. The minimum atomic E-state index is 0.421. The van der Waals surface area contributed by atoms with Crippen LogP contribution < -0.4 is 5.32 Å². The quantitative estimate of drug-likeness (QED) is 0.922. The predicted molar refractivity (Wildman–Crippen MR) is 86.3 cm³/mol. The second kappa shape index (κ2) is 6.91. The second-order valence-electron chi connectivity index (χ2n) is 6.71. The van der Waals surface area contributed by atoms with Gasteiger partial charge in [0.1, 0.15) is 0 Å². The van der Waals surface area contributed by atoms with Crippen LogP contribution in [-0.4, -0.2) is 37.2 Å². The standard InChI is InChI=1S/C18H28N2O/c1-14(2)20(11-15-7-9-19-10-8-15)18-13-21-12-16-5-3-4-6-17(16)18/h3-6,14-15,18-19H,7-13H2,1-2H3. The van der Waals surface area contributed by atoms with Crippen molar-refractivity contribution < 1.29 is 4.74 Å². The van der Waals surface area contributed by atoms with E-state index < -0.39 is 0 Å². The van der Waals surface area contributed by atoms with E-state index in [1.165, 1.54) is 43.6 Å². The Labute approximate surface area is 128 Å². The highest BCUT2D eigenvalue weighted by Crippen LogP contribution is 2.32. The van der Waals surface area contributed by atoms with Gasteiger partial charge in [-0.2, -0.15) is 0 Å². The molecule has 21 heavy (non-hydrogen) atoms. The Balaban J connectivity index is 1.78. The summed E-state index contributed by atoms with van der Waals surface area (Å²) in [5, 5.41) is 3.47. The largest absolute Gasteiger partial charge is 0.375 e. The maximum atomic E-state index is 5.87. The zero-order chi connectivity index (χ0) is 14.7. The van der Waals surface area contributed by atoms with Crippen molar-refractivity contribution >= 4 is 0 Å². The summed E-state index contributed by atoms with van der Waals surface area (Å²) in [5.41, 5.74) is 2.84. The Kier molecular flexibility index (Phi) is 4.94. The molecule has 3 nitrogen and oxygen atoms in total. The van der Waals surface area contributed by atoms with E-state index in [0.29, 0.717) is 12.1 Å². The molecular formula is C18H28N2O. The van der Waals surface area contributed by atoms with E-state index in [2.05, 4.69) is 48.3 Å². The van der Waals surface area contributed by atoms with Gasteiger partial charge in [0, 0.05) is 12.6 Å². The fourth-order valence-electron chi connectivity index (χ4n) is 3.70. The van der Waals surface area contributed by atoms with Crippen LogP contribution in [0.2, 0.25) is 0 Å². The molecule has 2 aliphatic rings. The topological polar surface area (TPSA) is 24.5 Å². The minimum absolute atomic E-state index is 0.421. The van der Waals surface area contributed by atoms with Crippen molar-refractivity contribution in [3.05, 3.63) is 35.4 Å². The Morgan fingerprint density at radius 2 is 2.00 bits per heavy atom. The number of nitrogens with one attached hydrogen (secondary N) is 1. The molecule has 0 radical (unpaired) electrons. The zero-order valence-corrected chi connectivity index (χ0v) is 13.3. The van der Waals surface area contributed by atoms with Gasteiger partial charge in [-0.15, -0.1) is 0 Å². The second-order valence-corrected chi connectivity index (χ2v) is 6.71. The minimum Gasteiger partial charge on any atom is -0.375 e. The zero-order valence-electron chi connectivity index (χ0n) is 13.3. The fourth-order valence-corrected chi connectivity index (χ4v) is 3.70. The summed E-state index contributed by atoms with van der Waals surface area (Å²) >= 11 is 0. The Bertz CT molecular complexity index is 454. The molecule has 1 N–H and O–H groups in total. The van der Waals surface area contributed by atoms with Gasteiger partial charge >= 0.3 is 0 Å². The van der Waals surface area contributed by atoms with E-state index in [9.17, 15) is 0 Å². The number of fused-ring (bicyclic) bond motifs is 1. The Morgan fingerprint density at radius 1 is 1.24 bits per heavy atom. The first kappa shape index (κ1) is 15.0. The maximum absolute atomic E-state index is 5.87. The molecule has 0 aliphatic carbocycles. The fraction of sp³-hybridized carbons (Fsp3) is 0.667. The number of ether oxygens (including phenoxy) is 1. The van der Waals surface area contributed by atoms with Gasteiger partial charge in [-0.1, -0.05) is 24.3 Å². The third-order valence-corrected chi connectivity index (χ3v) is 4.94. The molecule has 0 saturated carbocycles. The molecule has 2 heterocycles. The van der Waals surface area contributed by atoms with Gasteiger partial charge in [0.2, 0.25) is 0 Å². The Hall–Kier alpha value is -0.900. The first-order valence-corrected chi connectivity index (χ1v) is 8.37. The summed E-state index contributed by atoms with van der Waals surface area (Å²) < 4.78 is 5.87. The van der Waals surface area contributed by atoms with E-state index in [4.69, 9.17) is 4.74 Å². The summed E-state index contributed by atoms with van der Waals surface area (Å²) in [6, 6.07) is 9.77. The normalized spacial score (nSPS) is 23.5. The van der Waals surface area contributed by atoms with Crippen molar-refractivity contribution in [3.63, 3.8) is 0 Å². The summed E-state index contributed by atoms with van der Waals surface area (Å²) in [6.07, 6.45) is 2.61. The number of nitrogens with zero attached hydrogens (tertiary/aromatic N) is 1. The van der Waals surface area contributed by atoms with Gasteiger partial charge in [-0.25, -0.2) is 0 Å². The average molecular weight is 288 g/mol. The van der Waals surface area contributed by atoms with Crippen molar-refractivity contribution in [1.29, 1.82) is 0 Å². The summed E-state index contributed by atoms with van der Waals surface area (Å²) in [4.78, 5) is 2.66. The number of hydrogen-bond acceptors (Lipinski definition) is 3. The summed E-state index contributed by atoms with van der Waals surface area (Å²) in [5.74, 6) is 0.822. The van der Waals surface area contributed by atoms with E-state index in [1.54, 1.807) is 0 Å². The molecule has 3 heteroatoms. The number of hydrogen-bond donors (Lipinski definition) is 1. The van der Waals surface area contributed by atoms with Crippen LogP contribution in [0.3, 0.4) is 0 Å². The molecule has 1 saturated heterocycles. The van der Waals surface area contributed by atoms with Crippen molar-refractivity contribution in [1.82, 2.24) is 10.2 Å². The van der Waals surface area contributed by atoms with Crippen molar-refractivity contribution in [3.8, 4) is 0 Å². The summed E-state index contributed by atoms with van der Waals surface area (Å²) in [7, 11) is 0. The van der Waals surface area contributed by atoms with Crippen LogP contribution in [0.15, 0.2) is 24.3 Å². The SMILES string of the molecule is CC(C)N(CC1CCNCC1)C1COCc2ccccc21. The highest BCUT2D eigenvalue weighted by molar-refractivity contribution is 5.31. The van der Waals surface area contributed by atoms with Gasteiger partial charge < -0.3 is 10.1 Å². The van der Waals surface area contributed by atoms with Crippen LogP contribution >= 0.6 is 0 Å². The molecule has 1 aromatic rings. The molecule has 1 aromatic carbocycles. The van der Waals surface area contributed by atoms with Gasteiger partial charge in [0.15, 0.2) is 0 Å². The molecule has 1 fully saturated rings. The lowest BCUT2D eigenvalue weighted by Gasteiger charge is -2.41. The monoisotopic (exact) mass is 288 g/mol. The molecule has 116 valence electrons. The lowest BCUT2D eigenvalue weighted by Crippen LogP contribution is -2.44. The highest BCUT2D eigenvalue weighted by Gasteiger charge is 2.30. The van der Waals surface area contributed by atoms with E-state index in [-0.39, 0.29) is 0 Å².